The lowest BCUT2D eigenvalue weighted by Crippen LogP contribution is -2.43. The lowest BCUT2D eigenvalue weighted by molar-refractivity contribution is 0.00699. The Kier molecular flexibility index (Phi) is 10.4. The van der Waals surface area contributed by atoms with Crippen molar-refractivity contribution in [2.45, 2.75) is 98.6 Å². The minimum absolute atomic E-state index is 0.0441. The Balaban J connectivity index is 1.67. The summed E-state index contributed by atoms with van der Waals surface area (Å²) in [6, 6.07) is 15.8. The van der Waals surface area contributed by atoms with Crippen LogP contribution in [-0.4, -0.2) is 41.5 Å². The first-order valence-electron chi connectivity index (χ1n) is 17.5. The van der Waals surface area contributed by atoms with Gasteiger partial charge in [-0.1, -0.05) is 20.8 Å². The number of fused-ring (bicyclic) bond motifs is 1. The van der Waals surface area contributed by atoms with Crippen molar-refractivity contribution in [2.24, 2.45) is 7.05 Å². The molecule has 0 radical (unpaired) electrons. The van der Waals surface area contributed by atoms with Gasteiger partial charge in [-0.3, -0.25) is 14.3 Å². The number of amides is 1. The number of nitrogens with one attached hydrogen (secondary N) is 1. The largest absolute Gasteiger partial charge is 0.544 e. The molecule has 0 fully saturated rings. The summed E-state index contributed by atoms with van der Waals surface area (Å²) in [6.07, 6.45) is 0.774. The summed E-state index contributed by atoms with van der Waals surface area (Å²) in [4.78, 5) is 29.9. The predicted molar refractivity (Wildman–Crippen MR) is 202 cm³/mol. The molecule has 0 saturated carbocycles. The molecule has 2 aromatic heterocycles. The van der Waals surface area contributed by atoms with Crippen molar-refractivity contribution in [1.82, 2.24) is 14.5 Å². The van der Waals surface area contributed by atoms with E-state index in [2.05, 4.69) is 39.2 Å². The van der Waals surface area contributed by atoms with Crippen LogP contribution in [0.15, 0.2) is 48.5 Å². The molecule has 12 heteroatoms. The van der Waals surface area contributed by atoms with Crippen molar-refractivity contribution < 1.29 is 27.5 Å². The number of nitrogens with zero attached hydrogens (tertiary/aromatic N) is 4. The number of nitriles is 1. The van der Waals surface area contributed by atoms with Crippen molar-refractivity contribution in [3.8, 4) is 23.1 Å². The molecule has 1 aliphatic heterocycles. The summed E-state index contributed by atoms with van der Waals surface area (Å²) in [5.41, 5.74) is 4.28. The van der Waals surface area contributed by atoms with Gasteiger partial charge in [0.05, 0.1) is 16.8 Å². The average molecular weight is 730 g/mol. The number of benzene rings is 2. The molecule has 0 unspecified atom stereocenters. The van der Waals surface area contributed by atoms with E-state index in [1.165, 1.54) is 17.9 Å². The van der Waals surface area contributed by atoms with Crippen LogP contribution in [0.25, 0.3) is 11.3 Å². The highest BCUT2D eigenvalue weighted by molar-refractivity contribution is 6.74. The van der Waals surface area contributed by atoms with E-state index in [4.69, 9.17) is 9.16 Å². The minimum Gasteiger partial charge on any atom is -0.544 e. The quantitative estimate of drug-likeness (QED) is 0.143. The molecule has 276 valence electrons. The predicted octanol–water partition coefficient (Wildman–Crippen LogP) is 9.34. The zero-order valence-electron chi connectivity index (χ0n) is 32.0. The number of hydrogen-bond donors (Lipinski definition) is 1. The van der Waals surface area contributed by atoms with Crippen LogP contribution in [-0.2, 0) is 24.8 Å². The van der Waals surface area contributed by atoms with Gasteiger partial charge in [-0.2, -0.15) is 14.0 Å². The zero-order valence-corrected chi connectivity index (χ0v) is 33.0. The summed E-state index contributed by atoms with van der Waals surface area (Å²) >= 11 is 0. The molecule has 1 N–H and O–H groups in total. The van der Waals surface area contributed by atoms with Gasteiger partial charge in [0.2, 0.25) is 8.32 Å². The number of rotatable bonds is 8. The minimum atomic E-state index is -2.99. The maximum absolute atomic E-state index is 14.9. The van der Waals surface area contributed by atoms with E-state index in [1.807, 2.05) is 50.6 Å². The van der Waals surface area contributed by atoms with E-state index in [0.29, 0.717) is 50.6 Å². The van der Waals surface area contributed by atoms with Crippen LogP contribution in [0.4, 0.5) is 20.2 Å². The van der Waals surface area contributed by atoms with E-state index in [-0.39, 0.29) is 22.1 Å². The van der Waals surface area contributed by atoms with Crippen LogP contribution in [0.5, 0.6) is 5.75 Å². The Morgan fingerprint density at radius 2 is 1.62 bits per heavy atom. The third-order valence-electron chi connectivity index (χ3n) is 10.2. The SMILES string of the molecule is Cc1c(C(=O)N(c2ccc(O[Si](C)(C)C(C)(C)C)cc2)c2cc(C#N)n(C(F)F)c2C)cc(-c2cc3c(cc2C(=O)OC(C)(C)C)CNCC3)n1C. The smallest absolute Gasteiger partial charge is 0.339 e. The second-order valence-corrected chi connectivity index (χ2v) is 20.7. The van der Waals surface area contributed by atoms with E-state index in [0.717, 1.165) is 24.1 Å². The number of esters is 1. The molecule has 0 atom stereocenters. The third-order valence-corrected chi connectivity index (χ3v) is 14.5. The number of anilines is 2. The number of halogens is 2. The van der Waals surface area contributed by atoms with E-state index >= 15 is 0 Å². The number of carbonyl (C=O) groups excluding carboxylic acids is 2. The Hall–Kier alpha value is -4.73. The molecule has 9 nitrogen and oxygen atoms in total. The van der Waals surface area contributed by atoms with Crippen molar-refractivity contribution in [1.29, 1.82) is 5.26 Å². The van der Waals surface area contributed by atoms with Crippen molar-refractivity contribution in [3.63, 3.8) is 0 Å². The van der Waals surface area contributed by atoms with E-state index in [9.17, 15) is 23.6 Å². The molecule has 0 aliphatic carbocycles. The van der Waals surface area contributed by atoms with Crippen molar-refractivity contribution in [3.05, 3.63) is 87.9 Å². The molecule has 1 aliphatic rings. The molecule has 3 heterocycles. The standard InChI is InChI=1S/C40H49F2N5O4Si/c1-24-31(21-35(45(24)9)32-18-26-16-17-44-23-27(26)19-33(32)37(49)50-39(3,4)5)36(48)47(34-20-29(22-43)46(25(34)2)38(41)42)28-12-14-30(15-13-28)51-52(10,11)40(6,7)8/h12-15,18-21,38,44H,16-17,23H2,1-11H3. The lowest BCUT2D eigenvalue weighted by atomic mass is 9.92. The molecular weight excluding hydrogens is 681 g/mol. The van der Waals surface area contributed by atoms with Crippen LogP contribution in [0.3, 0.4) is 0 Å². The number of carbonyl (C=O) groups is 2. The first kappa shape index (κ1) is 38.5. The Morgan fingerprint density at radius 1 is 0.962 bits per heavy atom. The summed E-state index contributed by atoms with van der Waals surface area (Å²) in [5.74, 6) is -0.326. The summed E-state index contributed by atoms with van der Waals surface area (Å²) < 4.78 is 43.3. The number of hydrogen-bond acceptors (Lipinski definition) is 6. The molecule has 0 bridgehead atoms. The zero-order chi connectivity index (χ0) is 38.5. The first-order chi connectivity index (χ1) is 24.1. The fraction of sp³-hybridized carbons (Fsp3) is 0.425. The Bertz CT molecular complexity index is 2060. The summed E-state index contributed by atoms with van der Waals surface area (Å²) in [7, 11) is -0.356. The van der Waals surface area contributed by atoms with Gasteiger partial charge < -0.3 is 19.0 Å². The Morgan fingerprint density at radius 3 is 2.17 bits per heavy atom. The fourth-order valence-electron chi connectivity index (χ4n) is 6.19. The number of aromatic nitrogens is 2. The summed E-state index contributed by atoms with van der Waals surface area (Å²) in [5, 5.41) is 13.1. The van der Waals surface area contributed by atoms with Gasteiger partial charge in [0.15, 0.2) is 0 Å². The third kappa shape index (κ3) is 7.43. The van der Waals surface area contributed by atoms with Crippen LogP contribution >= 0.6 is 0 Å². The highest BCUT2D eigenvalue weighted by atomic mass is 28.4. The van der Waals surface area contributed by atoms with Crippen LogP contribution in [0.2, 0.25) is 18.1 Å². The van der Waals surface area contributed by atoms with E-state index in [1.54, 1.807) is 37.3 Å². The van der Waals surface area contributed by atoms with Crippen LogP contribution < -0.4 is 14.6 Å². The van der Waals surface area contributed by atoms with Gasteiger partial charge in [0.1, 0.15) is 23.1 Å². The molecule has 4 aromatic rings. The average Bonchev–Trinajstić information content (AvgIpc) is 3.54. The summed E-state index contributed by atoms with van der Waals surface area (Å²) in [6.45, 7) is 17.9. The van der Waals surface area contributed by atoms with Gasteiger partial charge in [0, 0.05) is 41.9 Å². The second-order valence-electron chi connectivity index (χ2n) is 15.9. The molecule has 0 saturated heterocycles. The molecular formula is C40H49F2N5O4Si. The highest BCUT2D eigenvalue weighted by Crippen LogP contribution is 2.40. The molecule has 1 amide bonds. The molecule has 52 heavy (non-hydrogen) atoms. The van der Waals surface area contributed by atoms with Gasteiger partial charge in [-0.25, -0.2) is 4.79 Å². The molecule has 0 spiro atoms. The lowest BCUT2D eigenvalue weighted by Gasteiger charge is -2.36. The molecule has 2 aromatic carbocycles. The van der Waals surface area contributed by atoms with Crippen LogP contribution in [0, 0.1) is 25.2 Å². The van der Waals surface area contributed by atoms with Gasteiger partial charge >= 0.3 is 12.5 Å². The first-order valence-corrected chi connectivity index (χ1v) is 20.4. The Labute approximate surface area is 306 Å². The maximum Gasteiger partial charge on any atom is 0.339 e. The van der Waals surface area contributed by atoms with E-state index < -0.39 is 32.3 Å². The molecule has 5 rings (SSSR count). The topological polar surface area (TPSA) is 102 Å². The maximum atomic E-state index is 14.9. The normalized spacial score (nSPS) is 13.5. The van der Waals surface area contributed by atoms with Gasteiger partial charge in [0.25, 0.3) is 5.91 Å². The number of ether oxygens (including phenoxy) is 1. The second kappa shape index (κ2) is 14.0. The fourth-order valence-corrected chi connectivity index (χ4v) is 7.22. The van der Waals surface area contributed by atoms with Crippen molar-refractivity contribution >= 4 is 31.6 Å². The van der Waals surface area contributed by atoms with Gasteiger partial charge in [-0.05, 0) is 125 Å². The van der Waals surface area contributed by atoms with Gasteiger partial charge in [-0.15, -0.1) is 0 Å². The highest BCUT2D eigenvalue weighted by Gasteiger charge is 2.39. The van der Waals surface area contributed by atoms with Crippen LogP contribution in [0.1, 0.15) is 97.0 Å². The number of alkyl halides is 2. The monoisotopic (exact) mass is 729 g/mol. The van der Waals surface area contributed by atoms with Crippen molar-refractivity contribution in [2.75, 3.05) is 11.4 Å².